The van der Waals surface area contributed by atoms with Gasteiger partial charge >= 0.3 is 0 Å². The minimum absolute atomic E-state index is 0.00910. The van der Waals surface area contributed by atoms with Gasteiger partial charge in [-0.05, 0) is 12.8 Å². The fourth-order valence-electron chi connectivity index (χ4n) is 2.01. The summed E-state index contributed by atoms with van der Waals surface area (Å²) in [7, 11) is -3.52. The molecule has 0 amide bonds. The van der Waals surface area contributed by atoms with Crippen molar-refractivity contribution in [2.75, 3.05) is 19.7 Å². The van der Waals surface area contributed by atoms with E-state index in [4.69, 9.17) is 5.11 Å². The SMILES string of the molecule is CCCCCCCN(CCCO)S(=O)(=O)c1cnc[nH]1. The van der Waals surface area contributed by atoms with Gasteiger partial charge in [0.2, 0.25) is 0 Å². The van der Waals surface area contributed by atoms with Crippen LogP contribution in [0, 0.1) is 0 Å². The van der Waals surface area contributed by atoms with E-state index in [9.17, 15) is 8.42 Å². The molecule has 6 nitrogen and oxygen atoms in total. The summed E-state index contributed by atoms with van der Waals surface area (Å²) in [6, 6.07) is 0. The number of aliphatic hydroxyl groups excluding tert-OH is 1. The molecular formula is C13H25N3O3S. The number of H-pyrrole nitrogens is 1. The molecule has 0 aliphatic carbocycles. The van der Waals surface area contributed by atoms with Gasteiger partial charge in [-0.25, -0.2) is 13.4 Å². The molecule has 1 heterocycles. The van der Waals surface area contributed by atoms with Crippen molar-refractivity contribution in [2.24, 2.45) is 0 Å². The summed E-state index contributed by atoms with van der Waals surface area (Å²) in [5.74, 6) is 0. The van der Waals surface area contributed by atoms with Gasteiger partial charge in [0, 0.05) is 19.7 Å². The zero-order valence-corrected chi connectivity index (χ0v) is 12.9. The van der Waals surface area contributed by atoms with Crippen molar-refractivity contribution in [1.82, 2.24) is 14.3 Å². The van der Waals surface area contributed by atoms with Gasteiger partial charge in [-0.2, -0.15) is 4.31 Å². The van der Waals surface area contributed by atoms with Crippen LogP contribution in [0.4, 0.5) is 0 Å². The van der Waals surface area contributed by atoms with Crippen LogP contribution in [0.2, 0.25) is 0 Å². The van der Waals surface area contributed by atoms with Crippen LogP contribution in [0.3, 0.4) is 0 Å². The van der Waals surface area contributed by atoms with E-state index in [-0.39, 0.29) is 11.6 Å². The van der Waals surface area contributed by atoms with Crippen LogP contribution in [-0.2, 0) is 10.0 Å². The summed E-state index contributed by atoms with van der Waals surface area (Å²) >= 11 is 0. The van der Waals surface area contributed by atoms with Gasteiger partial charge in [-0.1, -0.05) is 32.6 Å². The largest absolute Gasteiger partial charge is 0.396 e. The molecule has 7 heteroatoms. The average molecular weight is 303 g/mol. The van der Waals surface area contributed by atoms with Gasteiger partial charge in [-0.3, -0.25) is 0 Å². The second kappa shape index (κ2) is 9.10. The second-order valence-electron chi connectivity index (χ2n) is 4.81. The number of hydrogen-bond donors (Lipinski definition) is 2. The van der Waals surface area contributed by atoms with Gasteiger partial charge in [0.05, 0.1) is 12.5 Å². The maximum Gasteiger partial charge on any atom is 0.260 e. The van der Waals surface area contributed by atoms with Crippen LogP contribution in [0.15, 0.2) is 17.6 Å². The first-order valence-electron chi connectivity index (χ1n) is 7.22. The fraction of sp³-hybridized carbons (Fsp3) is 0.769. The van der Waals surface area contributed by atoms with Crippen LogP contribution >= 0.6 is 0 Å². The Bertz CT molecular complexity index is 445. The van der Waals surface area contributed by atoms with Crippen molar-refractivity contribution >= 4 is 10.0 Å². The first kappa shape index (κ1) is 17.1. The zero-order chi connectivity index (χ0) is 14.8. The Morgan fingerprint density at radius 1 is 1.20 bits per heavy atom. The molecule has 0 radical (unpaired) electrons. The number of rotatable bonds is 11. The Labute approximate surface area is 121 Å². The zero-order valence-electron chi connectivity index (χ0n) is 12.1. The summed E-state index contributed by atoms with van der Waals surface area (Å²) in [6.45, 7) is 2.97. The number of sulfonamides is 1. The predicted octanol–water partition coefficient (Wildman–Crippen LogP) is 1.75. The Kier molecular flexibility index (Phi) is 7.79. The predicted molar refractivity (Wildman–Crippen MR) is 77.8 cm³/mol. The van der Waals surface area contributed by atoms with Crippen molar-refractivity contribution in [3.05, 3.63) is 12.5 Å². The van der Waals surface area contributed by atoms with Crippen LogP contribution in [0.1, 0.15) is 45.4 Å². The lowest BCUT2D eigenvalue weighted by Gasteiger charge is -2.20. The van der Waals surface area contributed by atoms with Gasteiger partial charge in [0.15, 0.2) is 5.03 Å². The van der Waals surface area contributed by atoms with E-state index < -0.39 is 10.0 Å². The number of nitrogens with one attached hydrogen (secondary N) is 1. The van der Waals surface area contributed by atoms with Gasteiger partial charge in [-0.15, -0.1) is 0 Å². The first-order chi connectivity index (χ1) is 9.62. The minimum Gasteiger partial charge on any atom is -0.396 e. The van der Waals surface area contributed by atoms with E-state index in [0.717, 1.165) is 19.3 Å². The lowest BCUT2D eigenvalue weighted by atomic mass is 10.1. The number of aromatic amines is 1. The molecule has 116 valence electrons. The average Bonchev–Trinajstić information content (AvgIpc) is 2.96. The fourth-order valence-corrected chi connectivity index (χ4v) is 3.43. The van der Waals surface area contributed by atoms with Crippen molar-refractivity contribution in [2.45, 2.75) is 50.5 Å². The highest BCUT2D eigenvalue weighted by atomic mass is 32.2. The Hall–Kier alpha value is -0.920. The first-order valence-corrected chi connectivity index (χ1v) is 8.66. The molecule has 2 N–H and O–H groups in total. The molecule has 0 unspecified atom stereocenters. The molecule has 0 saturated carbocycles. The highest BCUT2D eigenvalue weighted by molar-refractivity contribution is 7.89. The molecule has 0 saturated heterocycles. The van der Waals surface area contributed by atoms with Crippen LogP contribution in [0.5, 0.6) is 0 Å². The quantitative estimate of drug-likeness (QED) is 0.610. The Morgan fingerprint density at radius 2 is 1.90 bits per heavy atom. The molecule has 0 spiro atoms. The summed E-state index contributed by atoms with van der Waals surface area (Å²) in [4.78, 5) is 6.40. The number of nitrogens with zero attached hydrogens (tertiary/aromatic N) is 2. The number of unbranched alkanes of at least 4 members (excludes halogenated alkanes) is 4. The van der Waals surface area contributed by atoms with Crippen molar-refractivity contribution in [3.8, 4) is 0 Å². The lowest BCUT2D eigenvalue weighted by Crippen LogP contribution is -2.33. The lowest BCUT2D eigenvalue weighted by molar-refractivity contribution is 0.267. The maximum absolute atomic E-state index is 12.4. The molecule has 1 aromatic rings. The molecule has 1 aromatic heterocycles. The van der Waals surface area contributed by atoms with Gasteiger partial charge in [0.25, 0.3) is 10.0 Å². The van der Waals surface area contributed by atoms with Crippen LogP contribution in [0.25, 0.3) is 0 Å². The number of aliphatic hydroxyl groups is 1. The molecule has 0 fully saturated rings. The normalized spacial score (nSPS) is 12.2. The molecule has 1 rings (SSSR count). The van der Waals surface area contributed by atoms with Crippen molar-refractivity contribution < 1.29 is 13.5 Å². The number of imidazole rings is 1. The summed E-state index contributed by atoms with van der Waals surface area (Å²) in [6.07, 6.45) is 8.48. The summed E-state index contributed by atoms with van der Waals surface area (Å²) in [5.41, 5.74) is 0. The highest BCUT2D eigenvalue weighted by Crippen LogP contribution is 2.14. The third-order valence-electron chi connectivity index (χ3n) is 3.17. The van der Waals surface area contributed by atoms with E-state index >= 15 is 0 Å². The standard InChI is InChI=1S/C13H25N3O3S/c1-2-3-4-5-6-8-16(9-7-10-17)20(18,19)13-11-14-12-15-13/h11-12,17H,2-10H2,1H3,(H,14,15). The summed E-state index contributed by atoms with van der Waals surface area (Å²) < 4.78 is 26.2. The van der Waals surface area contributed by atoms with E-state index in [1.54, 1.807) is 0 Å². The highest BCUT2D eigenvalue weighted by Gasteiger charge is 2.24. The molecule has 0 aromatic carbocycles. The Balaban J connectivity index is 2.59. The van der Waals surface area contributed by atoms with Crippen LogP contribution < -0.4 is 0 Å². The summed E-state index contributed by atoms with van der Waals surface area (Å²) in [5, 5.41) is 9.03. The van der Waals surface area contributed by atoms with Crippen molar-refractivity contribution in [1.29, 1.82) is 0 Å². The van der Waals surface area contributed by atoms with Crippen LogP contribution in [-0.4, -0.2) is 47.5 Å². The molecular weight excluding hydrogens is 278 g/mol. The number of hydrogen-bond acceptors (Lipinski definition) is 4. The molecule has 0 atom stereocenters. The topological polar surface area (TPSA) is 86.3 Å². The molecule has 0 aliphatic rings. The minimum atomic E-state index is -3.52. The molecule has 0 aliphatic heterocycles. The maximum atomic E-state index is 12.4. The van der Waals surface area contributed by atoms with E-state index in [0.29, 0.717) is 19.5 Å². The molecule has 0 bridgehead atoms. The number of aromatic nitrogens is 2. The Morgan fingerprint density at radius 3 is 2.50 bits per heavy atom. The monoisotopic (exact) mass is 303 g/mol. The van der Waals surface area contributed by atoms with E-state index in [1.165, 1.54) is 29.7 Å². The van der Waals surface area contributed by atoms with Gasteiger partial charge in [0.1, 0.15) is 0 Å². The second-order valence-corrected chi connectivity index (χ2v) is 6.72. The third-order valence-corrected chi connectivity index (χ3v) is 4.99. The van der Waals surface area contributed by atoms with Gasteiger partial charge < -0.3 is 10.1 Å². The molecule has 20 heavy (non-hydrogen) atoms. The smallest absolute Gasteiger partial charge is 0.260 e. The van der Waals surface area contributed by atoms with Crippen molar-refractivity contribution in [3.63, 3.8) is 0 Å². The third kappa shape index (κ3) is 5.22. The van der Waals surface area contributed by atoms with E-state index in [1.807, 2.05) is 0 Å². The van der Waals surface area contributed by atoms with E-state index in [2.05, 4.69) is 16.9 Å².